The van der Waals surface area contributed by atoms with Crippen molar-refractivity contribution in [3.8, 4) is 55.6 Å². The summed E-state index contributed by atoms with van der Waals surface area (Å²) in [6, 6.07) is 66.7. The molecule has 0 amide bonds. The van der Waals surface area contributed by atoms with Crippen molar-refractivity contribution in [1.29, 1.82) is 0 Å². The SMILES string of the molecule is CC(C)(C)c1cc2ccc3ccc(-c4ccc5c(c4)C(C)(C)c4cc(-c6ccc7c(c6)C(C)(C)c6cc(-c8ccc9ccc%10cc(C(C)(C)C)cc%11ccc8c9c%10%11)ccc6-7)ccc4-5)c4ccc(c1)c2c34. The Kier molecular flexibility index (Phi) is 8.18. The van der Waals surface area contributed by atoms with Crippen LogP contribution in [0.25, 0.3) is 120 Å². The van der Waals surface area contributed by atoms with Crippen LogP contribution in [0.4, 0.5) is 0 Å². The summed E-state index contributed by atoms with van der Waals surface area (Å²) < 4.78 is 0. The van der Waals surface area contributed by atoms with Gasteiger partial charge in [-0.15, -0.1) is 0 Å². The Morgan fingerprint density at radius 3 is 0.871 bits per heavy atom. The molecule has 0 heterocycles. The minimum atomic E-state index is -0.160. The number of hydrogen-bond donors (Lipinski definition) is 0. The molecule has 0 bridgehead atoms. The third-order valence-electron chi connectivity index (χ3n) is 17.2. The summed E-state index contributed by atoms with van der Waals surface area (Å²) in [5, 5.41) is 16.1. The molecular weight excluding hydrogens is 841 g/mol. The van der Waals surface area contributed by atoms with Crippen molar-refractivity contribution in [1.82, 2.24) is 0 Å². The predicted octanol–water partition coefficient (Wildman–Crippen LogP) is 19.7. The molecule has 0 heteroatoms. The molecule has 12 aromatic carbocycles. The fourth-order valence-corrected chi connectivity index (χ4v) is 13.2. The van der Waals surface area contributed by atoms with Crippen LogP contribution >= 0.6 is 0 Å². The number of fused-ring (bicyclic) bond motifs is 6. The van der Waals surface area contributed by atoms with Crippen LogP contribution in [0.3, 0.4) is 0 Å². The van der Waals surface area contributed by atoms with Crippen molar-refractivity contribution in [2.24, 2.45) is 0 Å². The van der Waals surface area contributed by atoms with E-state index in [2.05, 4.69) is 239 Å². The molecule has 2 aliphatic rings. The van der Waals surface area contributed by atoms with E-state index in [4.69, 9.17) is 0 Å². The predicted molar refractivity (Wildman–Crippen MR) is 303 cm³/mol. The highest BCUT2D eigenvalue weighted by atomic mass is 14.4. The van der Waals surface area contributed by atoms with Gasteiger partial charge >= 0.3 is 0 Å². The van der Waals surface area contributed by atoms with E-state index < -0.39 is 0 Å². The van der Waals surface area contributed by atoms with Crippen molar-refractivity contribution in [3.63, 3.8) is 0 Å². The van der Waals surface area contributed by atoms with Gasteiger partial charge in [0, 0.05) is 10.8 Å². The first-order valence-electron chi connectivity index (χ1n) is 25.5. The zero-order chi connectivity index (χ0) is 48.0. The molecule has 0 unspecified atom stereocenters. The topological polar surface area (TPSA) is 0 Å². The van der Waals surface area contributed by atoms with Crippen molar-refractivity contribution in [3.05, 3.63) is 203 Å². The van der Waals surface area contributed by atoms with Gasteiger partial charge in [0.2, 0.25) is 0 Å². The number of rotatable bonds is 3. The molecule has 0 fully saturated rings. The molecule has 0 aliphatic heterocycles. The average Bonchev–Trinajstić information content (AvgIpc) is 3.71. The number of benzene rings is 12. The highest BCUT2D eigenvalue weighted by Crippen LogP contribution is 2.54. The van der Waals surface area contributed by atoms with Crippen molar-refractivity contribution in [2.45, 2.75) is 90.9 Å². The van der Waals surface area contributed by atoms with Gasteiger partial charge in [-0.05, 0) is 189 Å². The quantitative estimate of drug-likeness (QED) is 0.155. The van der Waals surface area contributed by atoms with Gasteiger partial charge in [0.15, 0.2) is 0 Å². The zero-order valence-corrected chi connectivity index (χ0v) is 42.2. The van der Waals surface area contributed by atoms with Crippen LogP contribution in [-0.2, 0) is 21.7 Å². The van der Waals surface area contributed by atoms with Gasteiger partial charge in [-0.3, -0.25) is 0 Å². The second-order valence-corrected chi connectivity index (χ2v) is 24.2. The van der Waals surface area contributed by atoms with Gasteiger partial charge in [-0.1, -0.05) is 215 Å². The second kappa shape index (κ2) is 13.7. The lowest BCUT2D eigenvalue weighted by atomic mass is 9.79. The van der Waals surface area contributed by atoms with Gasteiger partial charge in [-0.25, -0.2) is 0 Å². The van der Waals surface area contributed by atoms with Gasteiger partial charge in [0.25, 0.3) is 0 Å². The molecule has 0 nitrogen and oxygen atoms in total. The summed E-state index contributed by atoms with van der Waals surface area (Å²) in [5.74, 6) is 0. The van der Waals surface area contributed by atoms with E-state index in [1.165, 1.54) is 154 Å². The van der Waals surface area contributed by atoms with Gasteiger partial charge in [-0.2, -0.15) is 0 Å². The Labute approximate surface area is 412 Å². The molecule has 0 saturated heterocycles. The van der Waals surface area contributed by atoms with Crippen LogP contribution in [0, 0.1) is 0 Å². The fraction of sp³-hybridized carbons (Fsp3) is 0.200. The molecule has 70 heavy (non-hydrogen) atoms. The van der Waals surface area contributed by atoms with Crippen molar-refractivity contribution >= 4 is 64.6 Å². The molecule has 0 spiro atoms. The molecule has 0 N–H and O–H groups in total. The maximum absolute atomic E-state index is 2.49. The lowest BCUT2D eigenvalue weighted by Gasteiger charge is -2.24. The average molecular weight is 899 g/mol. The first kappa shape index (κ1) is 41.7. The lowest BCUT2D eigenvalue weighted by molar-refractivity contribution is 0.591. The summed E-state index contributed by atoms with van der Waals surface area (Å²) in [6.45, 7) is 23.6. The van der Waals surface area contributed by atoms with Crippen LogP contribution < -0.4 is 0 Å². The van der Waals surface area contributed by atoms with Crippen LogP contribution in [0.15, 0.2) is 170 Å². The largest absolute Gasteiger partial charge is 0.0561 e. The van der Waals surface area contributed by atoms with Crippen LogP contribution in [0.2, 0.25) is 0 Å². The fourth-order valence-electron chi connectivity index (χ4n) is 13.2. The minimum absolute atomic E-state index is 0.0915. The monoisotopic (exact) mass is 898 g/mol. The highest BCUT2D eigenvalue weighted by molar-refractivity contribution is 6.27. The Morgan fingerprint density at radius 1 is 0.257 bits per heavy atom. The van der Waals surface area contributed by atoms with Crippen LogP contribution in [0.1, 0.15) is 103 Å². The minimum Gasteiger partial charge on any atom is -0.0561 e. The van der Waals surface area contributed by atoms with E-state index in [-0.39, 0.29) is 21.7 Å². The van der Waals surface area contributed by atoms with E-state index in [1.807, 2.05) is 0 Å². The third kappa shape index (κ3) is 5.71. The zero-order valence-electron chi connectivity index (χ0n) is 42.2. The molecule has 0 atom stereocenters. The van der Waals surface area contributed by atoms with Gasteiger partial charge in [0.1, 0.15) is 0 Å². The Hall–Kier alpha value is -7.28. The smallest absolute Gasteiger partial charge is 0.0159 e. The van der Waals surface area contributed by atoms with Gasteiger partial charge in [0.05, 0.1) is 0 Å². The standard InChI is InChI=1S/C70H58/c1-67(2,3)49-31-45-13-11-39-15-23-51(57-29-21-47(33-49)63(45)65(39)57)43-19-27-55-53-25-17-41(35-59(53)69(7,8)61(55)37-43)42-18-26-54-56-28-20-44(38-62(56)70(9,10)60(54)36-42)52-24-16-40-12-14-46-32-50(68(4,5)6)34-48-22-30-58(52)66(40)64(46)48/h11-38H,1-10H3. The summed E-state index contributed by atoms with van der Waals surface area (Å²) in [5.41, 5.74) is 21.4. The second-order valence-electron chi connectivity index (χ2n) is 24.2. The van der Waals surface area contributed by atoms with Crippen LogP contribution in [0.5, 0.6) is 0 Å². The molecule has 0 radical (unpaired) electrons. The van der Waals surface area contributed by atoms with E-state index >= 15 is 0 Å². The molecule has 338 valence electrons. The number of hydrogen-bond acceptors (Lipinski definition) is 0. The first-order chi connectivity index (χ1) is 33.4. The summed E-state index contributed by atoms with van der Waals surface area (Å²) in [7, 11) is 0. The Balaban J connectivity index is 0.805. The van der Waals surface area contributed by atoms with E-state index in [1.54, 1.807) is 0 Å². The Morgan fingerprint density at radius 2 is 0.529 bits per heavy atom. The maximum atomic E-state index is 2.49. The highest BCUT2D eigenvalue weighted by Gasteiger charge is 2.38. The van der Waals surface area contributed by atoms with Crippen molar-refractivity contribution in [2.75, 3.05) is 0 Å². The summed E-state index contributed by atoms with van der Waals surface area (Å²) in [6.07, 6.45) is 0. The van der Waals surface area contributed by atoms with E-state index in [0.717, 1.165) is 0 Å². The summed E-state index contributed by atoms with van der Waals surface area (Å²) in [4.78, 5) is 0. The molecule has 0 saturated carbocycles. The normalized spacial score (nSPS) is 14.9. The molecule has 0 aromatic heterocycles. The third-order valence-corrected chi connectivity index (χ3v) is 17.2. The molecular formula is C70H58. The Bertz CT molecular complexity index is 3920. The van der Waals surface area contributed by atoms with Gasteiger partial charge < -0.3 is 0 Å². The van der Waals surface area contributed by atoms with Crippen molar-refractivity contribution < 1.29 is 0 Å². The maximum Gasteiger partial charge on any atom is 0.0159 e. The molecule has 12 aromatic rings. The molecule has 2 aliphatic carbocycles. The summed E-state index contributed by atoms with van der Waals surface area (Å²) >= 11 is 0. The van der Waals surface area contributed by atoms with Crippen LogP contribution in [-0.4, -0.2) is 0 Å². The van der Waals surface area contributed by atoms with E-state index in [9.17, 15) is 0 Å². The first-order valence-corrected chi connectivity index (χ1v) is 25.5. The molecule has 14 rings (SSSR count). The lowest BCUT2D eigenvalue weighted by Crippen LogP contribution is -2.15. The van der Waals surface area contributed by atoms with E-state index in [0.29, 0.717) is 0 Å².